The van der Waals surface area contributed by atoms with Crippen molar-refractivity contribution >= 4 is 27.9 Å². The van der Waals surface area contributed by atoms with E-state index in [0.717, 1.165) is 11.3 Å². The molecule has 0 saturated heterocycles. The van der Waals surface area contributed by atoms with Gasteiger partial charge in [-0.15, -0.1) is 13.2 Å². The summed E-state index contributed by atoms with van der Waals surface area (Å²) >= 11 is 0. The molecule has 1 amide bonds. The smallest absolute Gasteiger partial charge is 0.440 e. The average Bonchev–Trinajstić information content (AvgIpc) is 3.18. The van der Waals surface area contributed by atoms with Crippen molar-refractivity contribution in [3.05, 3.63) is 59.1 Å². The van der Waals surface area contributed by atoms with Gasteiger partial charge in [-0.1, -0.05) is 6.07 Å². The molecule has 0 atom stereocenters. The second-order valence-electron chi connectivity index (χ2n) is 6.88. The number of ether oxygens (including phenoxy) is 1. The van der Waals surface area contributed by atoms with Gasteiger partial charge in [0.25, 0.3) is 5.91 Å². The van der Waals surface area contributed by atoms with Gasteiger partial charge in [0, 0.05) is 30.1 Å². The number of aryl methyl sites for hydroxylation is 2. The van der Waals surface area contributed by atoms with E-state index in [1.807, 2.05) is 6.92 Å². The molecule has 156 valence electrons. The Balaban J connectivity index is 1.51. The van der Waals surface area contributed by atoms with E-state index in [4.69, 9.17) is 4.42 Å². The van der Waals surface area contributed by atoms with E-state index in [9.17, 15) is 18.0 Å². The quantitative estimate of drug-likeness (QED) is 0.489. The lowest BCUT2D eigenvalue weighted by Crippen LogP contribution is -2.25. The Labute approximate surface area is 169 Å². The number of carbonyl (C=O) groups excluding carboxylic acids is 1. The molecule has 0 bridgehead atoms. The molecule has 2 aromatic heterocycles. The van der Waals surface area contributed by atoms with Crippen molar-refractivity contribution < 1.29 is 27.1 Å². The summed E-state index contributed by atoms with van der Waals surface area (Å²) in [6.45, 7) is 3.83. The molecule has 4 rings (SSSR count). The Kier molecular flexibility index (Phi) is 4.89. The van der Waals surface area contributed by atoms with Crippen LogP contribution in [0.3, 0.4) is 0 Å². The van der Waals surface area contributed by atoms with Gasteiger partial charge in [-0.25, -0.2) is 4.98 Å². The third kappa shape index (κ3) is 3.96. The largest absolute Gasteiger partial charge is 0.573 e. The minimum atomic E-state index is -4.76. The van der Waals surface area contributed by atoms with Crippen LogP contribution >= 0.6 is 0 Å². The molecule has 0 unspecified atom stereocenters. The highest BCUT2D eigenvalue weighted by Crippen LogP contribution is 2.30. The molecule has 2 N–H and O–H groups in total. The van der Waals surface area contributed by atoms with Gasteiger partial charge in [0.2, 0.25) is 0 Å². The molecule has 4 aromatic rings. The highest BCUT2D eigenvalue weighted by molar-refractivity contribution is 6.04. The van der Waals surface area contributed by atoms with Gasteiger partial charge in [-0.2, -0.15) is 0 Å². The van der Waals surface area contributed by atoms with E-state index >= 15 is 0 Å². The lowest BCUT2D eigenvalue weighted by atomic mass is 10.1. The topological polar surface area (TPSA) is 80.2 Å². The maximum Gasteiger partial charge on any atom is 0.573 e. The first-order valence-electron chi connectivity index (χ1n) is 9.22. The zero-order chi connectivity index (χ0) is 21.5. The Bertz CT molecular complexity index is 1240. The monoisotopic (exact) mass is 417 g/mol. The number of rotatable bonds is 5. The van der Waals surface area contributed by atoms with Crippen molar-refractivity contribution in [3.8, 4) is 5.75 Å². The summed E-state index contributed by atoms with van der Waals surface area (Å²) in [5.74, 6) is -0.126. The van der Waals surface area contributed by atoms with Gasteiger partial charge in [-0.05, 0) is 49.2 Å². The van der Waals surface area contributed by atoms with Crippen LogP contribution in [0.25, 0.3) is 22.0 Å². The first kappa shape index (κ1) is 19.8. The number of benzene rings is 2. The summed E-state index contributed by atoms with van der Waals surface area (Å²) in [6.07, 6.45) is -4.33. The minimum Gasteiger partial charge on any atom is -0.440 e. The predicted octanol–water partition coefficient (Wildman–Crippen LogP) is 4.80. The molecule has 0 fully saturated rings. The summed E-state index contributed by atoms with van der Waals surface area (Å²) < 4.78 is 47.1. The first-order valence-corrected chi connectivity index (χ1v) is 9.22. The lowest BCUT2D eigenvalue weighted by Gasteiger charge is -2.09. The number of H-pyrrole nitrogens is 1. The standard InChI is InChI=1S/C21H18F3N3O3/c1-11-14(16-10-13(30-21(22,23)24)6-7-17(16)26-11)8-9-25-20(28)15-4-3-5-18-19(15)29-12(2)27-18/h3-7,10,26H,8-9H2,1-2H3,(H,25,28). The Morgan fingerprint density at radius 2 is 2.03 bits per heavy atom. The number of oxazole rings is 1. The maximum absolute atomic E-state index is 12.6. The number of amides is 1. The van der Waals surface area contributed by atoms with Crippen LogP contribution in [0, 0.1) is 13.8 Å². The number of aromatic nitrogens is 2. The number of alkyl halides is 3. The third-order valence-electron chi connectivity index (χ3n) is 4.75. The first-order chi connectivity index (χ1) is 14.2. The number of halogens is 3. The number of aromatic amines is 1. The van der Waals surface area contributed by atoms with Gasteiger partial charge in [0.15, 0.2) is 11.5 Å². The molecule has 0 spiro atoms. The molecular formula is C21H18F3N3O3. The SMILES string of the molecule is Cc1nc2cccc(C(=O)NCCc3c(C)[nH]c4ccc(OC(F)(F)F)cc34)c2o1. The number of nitrogens with one attached hydrogen (secondary N) is 2. The third-order valence-corrected chi connectivity index (χ3v) is 4.75. The Hall–Kier alpha value is -3.49. The summed E-state index contributed by atoms with van der Waals surface area (Å²) in [6, 6.07) is 9.29. The molecule has 0 radical (unpaired) electrons. The van der Waals surface area contributed by atoms with Crippen molar-refractivity contribution in [2.45, 2.75) is 26.6 Å². The molecule has 0 aliphatic heterocycles. The lowest BCUT2D eigenvalue weighted by molar-refractivity contribution is -0.274. The number of hydrogen-bond donors (Lipinski definition) is 2. The Morgan fingerprint density at radius 1 is 1.23 bits per heavy atom. The maximum atomic E-state index is 12.6. The number of hydrogen-bond acceptors (Lipinski definition) is 4. The van der Waals surface area contributed by atoms with Crippen LogP contribution in [-0.2, 0) is 6.42 Å². The van der Waals surface area contributed by atoms with Crippen molar-refractivity contribution in [3.63, 3.8) is 0 Å². The van der Waals surface area contributed by atoms with E-state index in [1.165, 1.54) is 12.1 Å². The zero-order valence-corrected chi connectivity index (χ0v) is 16.2. The van der Waals surface area contributed by atoms with Crippen molar-refractivity contribution in [1.82, 2.24) is 15.3 Å². The van der Waals surface area contributed by atoms with Gasteiger partial charge in [0.1, 0.15) is 11.3 Å². The van der Waals surface area contributed by atoms with Gasteiger partial charge in [-0.3, -0.25) is 4.79 Å². The molecule has 6 nitrogen and oxygen atoms in total. The number of nitrogens with zero attached hydrogens (tertiary/aromatic N) is 1. The van der Waals surface area contributed by atoms with Crippen LogP contribution < -0.4 is 10.1 Å². The summed E-state index contributed by atoms with van der Waals surface area (Å²) in [7, 11) is 0. The van der Waals surface area contributed by atoms with Crippen LogP contribution in [0.4, 0.5) is 13.2 Å². The molecule has 2 heterocycles. The van der Waals surface area contributed by atoms with Crippen LogP contribution in [-0.4, -0.2) is 28.8 Å². The van der Waals surface area contributed by atoms with Crippen molar-refractivity contribution in [2.75, 3.05) is 6.54 Å². The van der Waals surface area contributed by atoms with E-state index in [-0.39, 0.29) is 11.7 Å². The molecule has 2 aromatic carbocycles. The van der Waals surface area contributed by atoms with Crippen LogP contribution in [0.1, 0.15) is 27.5 Å². The number of para-hydroxylation sites is 1. The fraction of sp³-hybridized carbons (Fsp3) is 0.238. The average molecular weight is 417 g/mol. The highest BCUT2D eigenvalue weighted by Gasteiger charge is 2.31. The molecule has 30 heavy (non-hydrogen) atoms. The van der Waals surface area contributed by atoms with E-state index in [1.54, 1.807) is 31.2 Å². The van der Waals surface area contributed by atoms with Crippen molar-refractivity contribution in [2.24, 2.45) is 0 Å². The number of carbonyl (C=O) groups is 1. The second kappa shape index (κ2) is 7.40. The van der Waals surface area contributed by atoms with Crippen LogP contribution in [0.2, 0.25) is 0 Å². The molecule has 9 heteroatoms. The predicted molar refractivity (Wildman–Crippen MR) is 105 cm³/mol. The highest BCUT2D eigenvalue weighted by atomic mass is 19.4. The van der Waals surface area contributed by atoms with Gasteiger partial charge >= 0.3 is 6.36 Å². The van der Waals surface area contributed by atoms with Crippen LogP contribution in [0.5, 0.6) is 5.75 Å². The molecule has 0 aliphatic rings. The summed E-state index contributed by atoms with van der Waals surface area (Å²) in [5.41, 5.74) is 3.73. The van der Waals surface area contributed by atoms with Gasteiger partial charge < -0.3 is 19.5 Å². The summed E-state index contributed by atoms with van der Waals surface area (Å²) in [5, 5.41) is 3.45. The zero-order valence-electron chi connectivity index (χ0n) is 16.2. The molecule has 0 aliphatic carbocycles. The van der Waals surface area contributed by atoms with Crippen molar-refractivity contribution in [1.29, 1.82) is 0 Å². The van der Waals surface area contributed by atoms with E-state index < -0.39 is 6.36 Å². The summed E-state index contributed by atoms with van der Waals surface area (Å²) in [4.78, 5) is 20.0. The Morgan fingerprint density at radius 3 is 2.80 bits per heavy atom. The number of fused-ring (bicyclic) bond motifs is 2. The normalized spacial score (nSPS) is 11.9. The molecule has 0 saturated carbocycles. The van der Waals surface area contributed by atoms with E-state index in [0.29, 0.717) is 46.4 Å². The van der Waals surface area contributed by atoms with E-state index in [2.05, 4.69) is 20.0 Å². The fourth-order valence-corrected chi connectivity index (χ4v) is 3.52. The molecular weight excluding hydrogens is 399 g/mol. The minimum absolute atomic E-state index is 0.286. The fourth-order valence-electron chi connectivity index (χ4n) is 3.52. The van der Waals surface area contributed by atoms with Gasteiger partial charge in [0.05, 0.1) is 5.56 Å². The second-order valence-corrected chi connectivity index (χ2v) is 6.88. The van der Waals surface area contributed by atoms with Crippen LogP contribution in [0.15, 0.2) is 40.8 Å².